The van der Waals surface area contributed by atoms with Gasteiger partial charge in [0, 0.05) is 11.3 Å². The van der Waals surface area contributed by atoms with E-state index < -0.39 is 12.2 Å². The van der Waals surface area contributed by atoms with Crippen molar-refractivity contribution < 1.29 is 22.3 Å². The molecule has 0 atom stereocenters. The average Bonchev–Trinajstić information content (AvgIpc) is 3.02. The Labute approximate surface area is 145 Å². The van der Waals surface area contributed by atoms with Crippen molar-refractivity contribution in [3.63, 3.8) is 0 Å². The van der Waals surface area contributed by atoms with Crippen LogP contribution in [-0.2, 0) is 0 Å². The van der Waals surface area contributed by atoms with E-state index in [4.69, 9.17) is 5.73 Å². The van der Waals surface area contributed by atoms with Crippen LogP contribution in [0.2, 0.25) is 0 Å². The van der Waals surface area contributed by atoms with Gasteiger partial charge in [-0.15, -0.1) is 18.3 Å². The van der Waals surface area contributed by atoms with E-state index in [1.165, 1.54) is 59.6 Å². The van der Waals surface area contributed by atoms with Crippen molar-refractivity contribution in [1.82, 2.24) is 14.8 Å². The quantitative estimate of drug-likeness (QED) is 0.560. The molecular formula is C17H12F4N4O. The fourth-order valence-electron chi connectivity index (χ4n) is 2.12. The number of nitrogens with zero attached hydrogens (tertiary/aromatic N) is 3. The van der Waals surface area contributed by atoms with Crippen molar-refractivity contribution in [2.24, 2.45) is 0 Å². The number of hydrogen-bond acceptors (Lipinski definition) is 4. The number of ether oxygens (including phenoxy) is 1. The number of nitrogens with two attached hydrogens (primary N) is 1. The normalized spacial score (nSPS) is 11.8. The molecule has 0 saturated heterocycles. The van der Waals surface area contributed by atoms with E-state index in [-0.39, 0.29) is 5.75 Å². The molecule has 2 aromatic carbocycles. The summed E-state index contributed by atoms with van der Waals surface area (Å²) in [4.78, 5) is 4.04. The molecule has 0 amide bonds. The van der Waals surface area contributed by atoms with Crippen LogP contribution in [0, 0.1) is 5.82 Å². The van der Waals surface area contributed by atoms with Crippen LogP contribution in [0.25, 0.3) is 17.8 Å². The third kappa shape index (κ3) is 4.38. The van der Waals surface area contributed by atoms with E-state index in [9.17, 15) is 17.6 Å². The SMILES string of the molecule is Nc1ccc(/C=C/c2ncn(-c3ccc(OC(F)(F)F)cc3)n2)c(F)c1. The number of aromatic nitrogens is 3. The summed E-state index contributed by atoms with van der Waals surface area (Å²) >= 11 is 0. The molecule has 2 N–H and O–H groups in total. The molecule has 0 aliphatic carbocycles. The van der Waals surface area contributed by atoms with Gasteiger partial charge in [-0.25, -0.2) is 14.1 Å². The first-order chi connectivity index (χ1) is 12.3. The maximum Gasteiger partial charge on any atom is 0.573 e. The lowest BCUT2D eigenvalue weighted by atomic mass is 10.2. The molecule has 134 valence electrons. The maximum atomic E-state index is 13.7. The minimum atomic E-state index is -4.75. The van der Waals surface area contributed by atoms with Gasteiger partial charge in [0.2, 0.25) is 0 Å². The Kier molecular flexibility index (Phi) is 4.61. The number of hydrogen-bond donors (Lipinski definition) is 1. The molecule has 0 radical (unpaired) electrons. The highest BCUT2D eigenvalue weighted by Crippen LogP contribution is 2.23. The fourth-order valence-corrected chi connectivity index (χ4v) is 2.12. The molecular weight excluding hydrogens is 352 g/mol. The van der Waals surface area contributed by atoms with E-state index in [1.807, 2.05) is 0 Å². The van der Waals surface area contributed by atoms with Crippen molar-refractivity contribution in [3.05, 3.63) is 66.0 Å². The molecule has 0 aliphatic heterocycles. The fraction of sp³-hybridized carbons (Fsp3) is 0.0588. The van der Waals surface area contributed by atoms with Gasteiger partial charge >= 0.3 is 6.36 Å². The van der Waals surface area contributed by atoms with Gasteiger partial charge in [0.05, 0.1) is 5.69 Å². The number of nitrogen functional groups attached to an aromatic ring is 1. The first-order valence-corrected chi connectivity index (χ1v) is 7.31. The third-order valence-electron chi connectivity index (χ3n) is 3.28. The molecule has 26 heavy (non-hydrogen) atoms. The summed E-state index contributed by atoms with van der Waals surface area (Å²) in [5.41, 5.74) is 6.62. The molecule has 3 rings (SSSR count). The Bertz CT molecular complexity index is 933. The Morgan fingerprint density at radius 1 is 1.04 bits per heavy atom. The Balaban J connectivity index is 1.74. The second-order valence-electron chi connectivity index (χ2n) is 5.20. The number of rotatable bonds is 4. The van der Waals surface area contributed by atoms with Gasteiger partial charge in [0.25, 0.3) is 0 Å². The molecule has 3 aromatic rings. The van der Waals surface area contributed by atoms with Crippen LogP contribution in [0.3, 0.4) is 0 Å². The van der Waals surface area contributed by atoms with E-state index in [1.54, 1.807) is 6.07 Å². The maximum absolute atomic E-state index is 13.7. The monoisotopic (exact) mass is 364 g/mol. The molecule has 1 aromatic heterocycles. The first-order valence-electron chi connectivity index (χ1n) is 7.31. The van der Waals surface area contributed by atoms with Crippen LogP contribution in [-0.4, -0.2) is 21.1 Å². The van der Waals surface area contributed by atoms with Gasteiger partial charge in [0.1, 0.15) is 17.9 Å². The second-order valence-corrected chi connectivity index (χ2v) is 5.20. The predicted molar refractivity (Wildman–Crippen MR) is 87.8 cm³/mol. The lowest BCUT2D eigenvalue weighted by molar-refractivity contribution is -0.274. The Hall–Kier alpha value is -3.36. The molecule has 1 heterocycles. The van der Waals surface area contributed by atoms with Gasteiger partial charge in [-0.05, 0) is 54.6 Å². The smallest absolute Gasteiger partial charge is 0.406 e. The highest BCUT2D eigenvalue weighted by Gasteiger charge is 2.30. The van der Waals surface area contributed by atoms with Crippen LogP contribution in [0.1, 0.15) is 11.4 Å². The lowest BCUT2D eigenvalue weighted by Gasteiger charge is -2.09. The topological polar surface area (TPSA) is 66.0 Å². The summed E-state index contributed by atoms with van der Waals surface area (Å²) in [6, 6.07) is 9.45. The third-order valence-corrected chi connectivity index (χ3v) is 3.28. The minimum Gasteiger partial charge on any atom is -0.406 e. The predicted octanol–water partition coefficient (Wildman–Crippen LogP) is 4.06. The molecule has 9 heteroatoms. The van der Waals surface area contributed by atoms with Gasteiger partial charge in [-0.3, -0.25) is 0 Å². The zero-order valence-corrected chi connectivity index (χ0v) is 13.1. The highest BCUT2D eigenvalue weighted by molar-refractivity contribution is 5.67. The Morgan fingerprint density at radius 3 is 2.42 bits per heavy atom. The zero-order valence-electron chi connectivity index (χ0n) is 13.1. The van der Waals surface area contributed by atoms with Gasteiger partial charge < -0.3 is 10.5 Å². The molecule has 5 nitrogen and oxygen atoms in total. The van der Waals surface area contributed by atoms with Gasteiger partial charge in [0.15, 0.2) is 5.82 Å². The number of alkyl halides is 3. The van der Waals surface area contributed by atoms with E-state index >= 15 is 0 Å². The number of benzene rings is 2. The molecule has 0 fully saturated rings. The van der Waals surface area contributed by atoms with E-state index in [2.05, 4.69) is 14.8 Å². The molecule has 0 bridgehead atoms. The van der Waals surface area contributed by atoms with Crippen LogP contribution < -0.4 is 10.5 Å². The number of anilines is 1. The van der Waals surface area contributed by atoms with Crippen LogP contribution in [0.15, 0.2) is 48.8 Å². The van der Waals surface area contributed by atoms with Crippen LogP contribution >= 0.6 is 0 Å². The number of halogens is 4. The van der Waals surface area contributed by atoms with Crippen molar-refractivity contribution in [2.45, 2.75) is 6.36 Å². The summed E-state index contributed by atoms with van der Waals surface area (Å²) in [5.74, 6) is -0.502. The summed E-state index contributed by atoms with van der Waals surface area (Å²) in [6.07, 6.45) is -0.357. The molecule has 0 saturated carbocycles. The average molecular weight is 364 g/mol. The zero-order chi connectivity index (χ0) is 18.7. The van der Waals surface area contributed by atoms with E-state index in [0.717, 1.165) is 0 Å². The van der Waals surface area contributed by atoms with Crippen molar-refractivity contribution in [3.8, 4) is 11.4 Å². The lowest BCUT2D eigenvalue weighted by Crippen LogP contribution is -2.17. The molecule has 0 unspecified atom stereocenters. The molecule has 0 aliphatic rings. The van der Waals surface area contributed by atoms with Crippen LogP contribution in [0.5, 0.6) is 5.75 Å². The van der Waals surface area contributed by atoms with Gasteiger partial charge in [-0.1, -0.05) is 0 Å². The highest BCUT2D eigenvalue weighted by atomic mass is 19.4. The second kappa shape index (κ2) is 6.87. The van der Waals surface area contributed by atoms with Gasteiger partial charge in [-0.2, -0.15) is 0 Å². The van der Waals surface area contributed by atoms with E-state index in [0.29, 0.717) is 22.8 Å². The van der Waals surface area contributed by atoms with Crippen molar-refractivity contribution in [2.75, 3.05) is 5.73 Å². The summed E-state index contributed by atoms with van der Waals surface area (Å²) in [6.45, 7) is 0. The van der Waals surface area contributed by atoms with Crippen molar-refractivity contribution >= 4 is 17.8 Å². The van der Waals surface area contributed by atoms with Crippen LogP contribution in [0.4, 0.5) is 23.2 Å². The standard InChI is InChI=1S/C17H12F4N4O/c18-15-9-12(22)3-1-11(15)2-8-16-23-10-25(24-16)13-4-6-14(7-5-13)26-17(19,20)21/h1-10H,22H2/b8-2+. The van der Waals surface area contributed by atoms with Crippen molar-refractivity contribution in [1.29, 1.82) is 0 Å². The summed E-state index contributed by atoms with van der Waals surface area (Å²) in [7, 11) is 0. The summed E-state index contributed by atoms with van der Waals surface area (Å²) in [5, 5.41) is 4.16. The minimum absolute atomic E-state index is 0.303. The largest absolute Gasteiger partial charge is 0.573 e. The first kappa shape index (κ1) is 17.5. The Morgan fingerprint density at radius 2 is 1.77 bits per heavy atom. The molecule has 0 spiro atoms. The summed E-state index contributed by atoms with van der Waals surface area (Å²) < 4.78 is 55.3.